The number of halogens is 4. The normalized spacial score (nSPS) is 17.6. The van der Waals surface area contributed by atoms with Crippen LogP contribution in [0.1, 0.15) is 18.4 Å². The van der Waals surface area contributed by atoms with Crippen molar-refractivity contribution in [3.8, 4) is 0 Å². The van der Waals surface area contributed by atoms with Crippen LogP contribution in [-0.4, -0.2) is 49.2 Å². The maximum atomic E-state index is 12.9. The molecule has 1 aliphatic heterocycles. The van der Waals surface area contributed by atoms with Crippen molar-refractivity contribution in [3.63, 3.8) is 0 Å². The van der Waals surface area contributed by atoms with Crippen molar-refractivity contribution in [1.82, 2.24) is 4.90 Å². The van der Waals surface area contributed by atoms with Crippen LogP contribution in [0, 0.1) is 10.1 Å². The summed E-state index contributed by atoms with van der Waals surface area (Å²) in [5.74, 6) is 0. The van der Waals surface area contributed by atoms with Crippen molar-refractivity contribution in [2.24, 2.45) is 0 Å². The topological polar surface area (TPSA) is 67.6 Å². The quantitative estimate of drug-likeness (QED) is 0.621. The van der Waals surface area contributed by atoms with Crippen molar-refractivity contribution < 1.29 is 22.8 Å². The van der Waals surface area contributed by atoms with Gasteiger partial charge in [-0.25, -0.2) is 0 Å². The summed E-state index contributed by atoms with van der Waals surface area (Å²) < 4.78 is 44.1. The highest BCUT2D eigenvalue weighted by Gasteiger charge is 2.38. The van der Waals surface area contributed by atoms with Gasteiger partial charge in [0.2, 0.25) is 0 Å². The molecule has 0 radical (unpaired) electrons. The van der Waals surface area contributed by atoms with Gasteiger partial charge in [-0.2, -0.15) is 13.2 Å². The van der Waals surface area contributed by atoms with Crippen molar-refractivity contribution >= 4 is 23.0 Å². The number of nitro benzene ring substituents is 1. The second-order valence-corrected chi connectivity index (χ2v) is 6.60. The Balaban J connectivity index is 2.32. The van der Waals surface area contributed by atoms with Crippen molar-refractivity contribution in [1.29, 1.82) is 0 Å². The number of ether oxygens (including phenoxy) is 1. The van der Waals surface area contributed by atoms with Crippen LogP contribution in [0.2, 0.25) is 5.02 Å². The van der Waals surface area contributed by atoms with Crippen LogP contribution in [-0.2, 0) is 10.9 Å². The van der Waals surface area contributed by atoms with Crippen LogP contribution in [0.3, 0.4) is 0 Å². The molecule has 0 bridgehead atoms. The fraction of sp³-hybridized carbons (Fsp3) is 0.600. The van der Waals surface area contributed by atoms with E-state index in [4.69, 9.17) is 16.3 Å². The largest absolute Gasteiger partial charge is 0.418 e. The van der Waals surface area contributed by atoms with E-state index in [1.165, 1.54) is 0 Å². The number of hydrogen-bond acceptors (Lipinski definition) is 5. The summed E-state index contributed by atoms with van der Waals surface area (Å²) in [5, 5.41) is 13.5. The molecule has 2 rings (SSSR count). The minimum Gasteiger partial charge on any atom is -0.381 e. The van der Waals surface area contributed by atoms with Gasteiger partial charge in [-0.3, -0.25) is 10.1 Å². The molecule has 1 aromatic rings. The molecule has 1 saturated heterocycles. The molecule has 1 heterocycles. The third-order valence-corrected chi connectivity index (χ3v) is 4.88. The molecule has 1 fully saturated rings. The van der Waals surface area contributed by atoms with Gasteiger partial charge in [-0.05, 0) is 33.0 Å². The maximum absolute atomic E-state index is 12.9. The first kappa shape index (κ1) is 19.7. The first-order chi connectivity index (χ1) is 11.6. The van der Waals surface area contributed by atoms with Crippen molar-refractivity contribution in [2.45, 2.75) is 24.6 Å². The lowest BCUT2D eigenvalue weighted by atomic mass is 9.88. The summed E-state index contributed by atoms with van der Waals surface area (Å²) in [6.07, 6.45) is -3.35. The molecule has 25 heavy (non-hydrogen) atoms. The first-order valence-corrected chi connectivity index (χ1v) is 7.99. The standard InChI is InChI=1S/C15H19ClF3N3O3/c1-21(2)14(3-5-25-6-4-14)9-20-12-8-11(16)10(15(17,18)19)7-13(12)22(23)24/h7-8,20H,3-6,9H2,1-2H3. The molecule has 1 aromatic carbocycles. The summed E-state index contributed by atoms with van der Waals surface area (Å²) in [5.41, 5.74) is -2.21. The average molecular weight is 382 g/mol. The van der Waals surface area contributed by atoms with Gasteiger partial charge in [0.25, 0.3) is 5.69 Å². The van der Waals surface area contributed by atoms with E-state index in [0.717, 1.165) is 6.07 Å². The van der Waals surface area contributed by atoms with Crippen LogP contribution in [0.4, 0.5) is 24.5 Å². The van der Waals surface area contributed by atoms with Crippen LogP contribution in [0.25, 0.3) is 0 Å². The Bertz CT molecular complexity index is 647. The lowest BCUT2D eigenvalue weighted by molar-refractivity contribution is -0.384. The molecular formula is C15H19ClF3N3O3. The molecule has 0 atom stereocenters. The summed E-state index contributed by atoms with van der Waals surface area (Å²) in [4.78, 5) is 12.4. The third-order valence-electron chi connectivity index (χ3n) is 4.57. The van der Waals surface area contributed by atoms with E-state index in [2.05, 4.69) is 5.32 Å². The maximum Gasteiger partial charge on any atom is 0.418 e. The summed E-state index contributed by atoms with van der Waals surface area (Å²) in [6, 6.07) is 1.43. The summed E-state index contributed by atoms with van der Waals surface area (Å²) in [7, 11) is 3.78. The van der Waals surface area contributed by atoms with E-state index < -0.39 is 27.4 Å². The number of nitrogens with one attached hydrogen (secondary N) is 1. The second kappa shape index (κ2) is 7.35. The lowest BCUT2D eigenvalue weighted by Crippen LogP contribution is -2.53. The number of hydrogen-bond donors (Lipinski definition) is 1. The van der Waals surface area contributed by atoms with Crippen LogP contribution in [0.5, 0.6) is 0 Å². The molecule has 0 aliphatic carbocycles. The van der Waals surface area contributed by atoms with Crippen LogP contribution >= 0.6 is 11.6 Å². The smallest absolute Gasteiger partial charge is 0.381 e. The highest BCUT2D eigenvalue weighted by atomic mass is 35.5. The predicted octanol–water partition coefficient (Wildman–Crippen LogP) is 3.79. The average Bonchev–Trinajstić information content (AvgIpc) is 2.52. The summed E-state index contributed by atoms with van der Waals surface area (Å²) in [6.45, 7) is 1.43. The van der Waals surface area contributed by atoms with Gasteiger partial charge in [0.1, 0.15) is 5.69 Å². The van der Waals surface area contributed by atoms with Gasteiger partial charge in [0, 0.05) is 31.4 Å². The minimum atomic E-state index is -4.76. The van der Waals surface area contributed by atoms with Crippen LogP contribution < -0.4 is 5.32 Å². The molecule has 0 aromatic heterocycles. The molecule has 0 unspecified atom stereocenters. The van der Waals surface area contributed by atoms with E-state index >= 15 is 0 Å². The number of alkyl halides is 3. The van der Waals surface area contributed by atoms with E-state index in [9.17, 15) is 23.3 Å². The highest BCUT2D eigenvalue weighted by molar-refractivity contribution is 6.31. The molecule has 1 aliphatic rings. The minimum absolute atomic E-state index is 0.0317. The Morgan fingerprint density at radius 2 is 1.96 bits per heavy atom. The van der Waals surface area contributed by atoms with Gasteiger partial charge in [-0.1, -0.05) is 11.6 Å². The Hall–Kier alpha value is -1.58. The third kappa shape index (κ3) is 4.34. The van der Waals surface area contributed by atoms with Gasteiger partial charge in [0.15, 0.2) is 0 Å². The van der Waals surface area contributed by atoms with Gasteiger partial charge in [-0.15, -0.1) is 0 Å². The SMILES string of the molecule is CN(C)C1(CNc2cc(Cl)c(C(F)(F)F)cc2[N+](=O)[O-])CCOCC1. The van der Waals surface area contributed by atoms with Gasteiger partial charge >= 0.3 is 6.18 Å². The second-order valence-electron chi connectivity index (χ2n) is 6.19. The molecular weight excluding hydrogens is 363 g/mol. The Labute approximate surface area is 148 Å². The first-order valence-electron chi connectivity index (χ1n) is 7.61. The number of benzene rings is 1. The Morgan fingerprint density at radius 1 is 1.36 bits per heavy atom. The number of likely N-dealkylation sites (N-methyl/N-ethyl adjacent to an activating group) is 1. The molecule has 0 spiro atoms. The van der Waals surface area contributed by atoms with Crippen molar-refractivity contribution in [3.05, 3.63) is 32.8 Å². The Morgan fingerprint density at radius 3 is 2.44 bits per heavy atom. The molecule has 0 saturated carbocycles. The summed E-state index contributed by atoms with van der Waals surface area (Å²) >= 11 is 5.70. The number of nitrogens with zero attached hydrogens (tertiary/aromatic N) is 2. The molecule has 140 valence electrons. The lowest BCUT2D eigenvalue weighted by Gasteiger charge is -2.43. The Kier molecular flexibility index (Phi) is 5.80. The van der Waals surface area contributed by atoms with E-state index in [1.807, 2.05) is 19.0 Å². The highest BCUT2D eigenvalue weighted by Crippen LogP contribution is 2.40. The number of nitro groups is 1. The predicted molar refractivity (Wildman–Crippen MR) is 88.1 cm³/mol. The van der Waals surface area contributed by atoms with E-state index in [0.29, 0.717) is 38.7 Å². The zero-order chi connectivity index (χ0) is 18.8. The monoisotopic (exact) mass is 381 g/mol. The number of rotatable bonds is 5. The molecule has 6 nitrogen and oxygen atoms in total. The van der Waals surface area contributed by atoms with Crippen molar-refractivity contribution in [2.75, 3.05) is 39.2 Å². The molecule has 10 heteroatoms. The van der Waals surface area contributed by atoms with Gasteiger partial charge < -0.3 is 15.0 Å². The number of anilines is 1. The van der Waals surface area contributed by atoms with E-state index in [-0.39, 0.29) is 11.2 Å². The zero-order valence-corrected chi connectivity index (χ0v) is 14.6. The fourth-order valence-corrected chi connectivity index (χ4v) is 3.14. The van der Waals surface area contributed by atoms with Gasteiger partial charge in [0.05, 0.1) is 15.5 Å². The molecule has 1 N–H and O–H groups in total. The fourth-order valence-electron chi connectivity index (χ4n) is 2.86. The van der Waals surface area contributed by atoms with Crippen LogP contribution in [0.15, 0.2) is 12.1 Å². The molecule has 0 amide bonds. The van der Waals surface area contributed by atoms with E-state index in [1.54, 1.807) is 0 Å². The zero-order valence-electron chi connectivity index (χ0n) is 13.8.